The Balaban J connectivity index is 1.68. The monoisotopic (exact) mass is 473 g/mol. The molecule has 2 amide bonds. The fourth-order valence-electron chi connectivity index (χ4n) is 3.92. The second kappa shape index (κ2) is 8.75. The average Bonchev–Trinajstić information content (AvgIpc) is 3.58. The number of H-pyrrole nitrogens is 1. The highest BCUT2D eigenvalue weighted by Crippen LogP contribution is 2.33. The van der Waals surface area contributed by atoms with Gasteiger partial charge in [0, 0.05) is 29.9 Å². The summed E-state index contributed by atoms with van der Waals surface area (Å²) in [5, 5.41) is 12.8. The number of rotatable bonds is 6. The molecule has 4 aromatic rings. The van der Waals surface area contributed by atoms with Gasteiger partial charge in [-0.25, -0.2) is 9.78 Å². The van der Waals surface area contributed by atoms with E-state index in [9.17, 15) is 14.7 Å². The number of carboxylic acid groups (broad SMARTS) is 1. The molecule has 8 nitrogen and oxygen atoms in total. The number of aromatic nitrogens is 3. The van der Waals surface area contributed by atoms with Crippen LogP contribution in [0.1, 0.15) is 30.1 Å². The van der Waals surface area contributed by atoms with Crippen LogP contribution in [0.15, 0.2) is 60.8 Å². The molecule has 2 heterocycles. The Labute approximate surface area is 200 Å². The lowest BCUT2D eigenvalue weighted by Crippen LogP contribution is -2.29. The molecule has 2 aromatic carbocycles. The molecule has 1 saturated carbocycles. The number of carbonyl (C=O) groups is 2. The van der Waals surface area contributed by atoms with Crippen molar-refractivity contribution in [3.8, 4) is 22.5 Å². The van der Waals surface area contributed by atoms with Gasteiger partial charge in [0.1, 0.15) is 4.64 Å². The maximum Gasteiger partial charge on any atom is 0.413 e. The summed E-state index contributed by atoms with van der Waals surface area (Å²) >= 11 is 5.60. The van der Waals surface area contributed by atoms with Crippen LogP contribution in [0.2, 0.25) is 0 Å². The van der Waals surface area contributed by atoms with Crippen LogP contribution in [0.5, 0.6) is 0 Å². The molecule has 5 rings (SSSR count). The average molecular weight is 474 g/mol. The van der Waals surface area contributed by atoms with Gasteiger partial charge in [0.25, 0.3) is 5.91 Å². The first-order valence-electron chi connectivity index (χ1n) is 11.1. The van der Waals surface area contributed by atoms with E-state index in [-0.39, 0.29) is 24.3 Å². The molecular weight excluding hydrogens is 450 g/mol. The molecule has 0 aliphatic heterocycles. The number of hydrogen-bond donors (Lipinski definition) is 3. The Morgan fingerprint density at radius 1 is 1.15 bits per heavy atom. The summed E-state index contributed by atoms with van der Waals surface area (Å²) in [7, 11) is 0. The molecule has 9 heteroatoms. The number of hydrogen-bond acceptors (Lipinski definition) is 4. The second-order valence-electron chi connectivity index (χ2n) is 8.19. The Bertz CT molecular complexity index is 1440. The standard InChI is InChI=1S/C25H23N5O3S/c1-2-29(25(32)33)21-20(16-8-10-17(11-9-16)23(31)26-18-12-13-18)30-14-19(15-6-4-3-5-7-15)27-24(34)22(30)28-21/h3-11,14,18H,2,12-13H2,1H3,(H,26,31)(H,27,34)(H,32,33). The molecule has 3 N–H and O–H groups in total. The summed E-state index contributed by atoms with van der Waals surface area (Å²) < 4.78 is 2.22. The van der Waals surface area contributed by atoms with Crippen LogP contribution >= 0.6 is 12.2 Å². The lowest BCUT2D eigenvalue weighted by Gasteiger charge is -2.16. The maximum absolute atomic E-state index is 12.4. The van der Waals surface area contributed by atoms with Gasteiger partial charge in [-0.05, 0) is 37.5 Å². The fraction of sp³-hybridized carbons (Fsp3) is 0.200. The topological polar surface area (TPSA) is 103 Å². The number of nitrogens with one attached hydrogen (secondary N) is 2. The zero-order valence-electron chi connectivity index (χ0n) is 18.5. The van der Waals surface area contributed by atoms with E-state index < -0.39 is 6.09 Å². The number of carbonyl (C=O) groups excluding carboxylic acids is 1. The highest BCUT2D eigenvalue weighted by Gasteiger charge is 2.26. The lowest BCUT2D eigenvalue weighted by molar-refractivity contribution is 0.0951. The lowest BCUT2D eigenvalue weighted by atomic mass is 10.1. The third-order valence-electron chi connectivity index (χ3n) is 5.82. The normalized spacial score (nSPS) is 13.1. The Kier molecular flexibility index (Phi) is 5.62. The Morgan fingerprint density at radius 2 is 1.85 bits per heavy atom. The van der Waals surface area contributed by atoms with E-state index in [0.29, 0.717) is 21.5 Å². The molecule has 0 spiro atoms. The number of anilines is 1. The predicted molar refractivity (Wildman–Crippen MR) is 133 cm³/mol. The van der Waals surface area contributed by atoms with Crippen LogP contribution in [0, 0.1) is 4.64 Å². The molecule has 2 aromatic heterocycles. The summed E-state index contributed by atoms with van der Waals surface area (Å²) in [5.74, 6) is 0.178. The minimum absolute atomic E-state index is 0.109. The fourth-order valence-corrected chi connectivity index (χ4v) is 4.17. The summed E-state index contributed by atoms with van der Waals surface area (Å²) in [6.07, 6.45) is 2.80. The van der Waals surface area contributed by atoms with Gasteiger partial charge in [0.2, 0.25) is 0 Å². The summed E-state index contributed by atoms with van der Waals surface area (Å²) in [6, 6.07) is 17.1. The third kappa shape index (κ3) is 4.06. The number of benzene rings is 2. The molecule has 34 heavy (non-hydrogen) atoms. The molecule has 1 aliphatic rings. The van der Waals surface area contributed by atoms with Crippen molar-refractivity contribution in [2.45, 2.75) is 25.8 Å². The first-order valence-corrected chi connectivity index (χ1v) is 11.5. The van der Waals surface area contributed by atoms with Gasteiger partial charge >= 0.3 is 6.09 Å². The van der Waals surface area contributed by atoms with Crippen molar-refractivity contribution in [1.82, 2.24) is 19.7 Å². The van der Waals surface area contributed by atoms with E-state index in [1.807, 2.05) is 53.1 Å². The van der Waals surface area contributed by atoms with E-state index in [4.69, 9.17) is 12.2 Å². The SMILES string of the molecule is CCN(C(=O)O)c1nc2c(=S)[nH]c(-c3ccccc3)cn2c1-c1ccc(C(=O)NC2CC2)cc1. The summed E-state index contributed by atoms with van der Waals surface area (Å²) in [5.41, 5.74) is 4.04. The van der Waals surface area contributed by atoms with Gasteiger partial charge in [-0.1, -0.05) is 54.7 Å². The smallest absolute Gasteiger partial charge is 0.413 e. The molecule has 172 valence electrons. The van der Waals surface area contributed by atoms with Crippen molar-refractivity contribution in [3.63, 3.8) is 0 Å². The molecule has 1 fully saturated rings. The molecule has 0 atom stereocenters. The zero-order chi connectivity index (χ0) is 23.8. The van der Waals surface area contributed by atoms with E-state index in [1.165, 1.54) is 4.90 Å². The van der Waals surface area contributed by atoms with Crippen molar-refractivity contribution < 1.29 is 14.7 Å². The number of nitrogens with zero attached hydrogens (tertiary/aromatic N) is 3. The molecular formula is C25H23N5O3S. The van der Waals surface area contributed by atoms with Crippen LogP contribution in [-0.4, -0.2) is 44.1 Å². The van der Waals surface area contributed by atoms with Crippen molar-refractivity contribution in [2.75, 3.05) is 11.4 Å². The summed E-state index contributed by atoms with van der Waals surface area (Å²) in [4.78, 5) is 33.4. The largest absolute Gasteiger partial charge is 0.465 e. The van der Waals surface area contributed by atoms with Crippen LogP contribution < -0.4 is 10.2 Å². The summed E-state index contributed by atoms with van der Waals surface area (Å²) in [6.45, 7) is 1.97. The quantitative estimate of drug-likeness (QED) is 0.337. The van der Waals surface area contributed by atoms with E-state index >= 15 is 0 Å². The first kappa shape index (κ1) is 21.8. The van der Waals surface area contributed by atoms with Gasteiger partial charge in [-0.15, -0.1) is 0 Å². The molecule has 1 aliphatic carbocycles. The van der Waals surface area contributed by atoms with E-state index in [1.54, 1.807) is 19.1 Å². The van der Waals surface area contributed by atoms with E-state index in [0.717, 1.165) is 29.7 Å². The molecule has 0 bridgehead atoms. The minimum Gasteiger partial charge on any atom is -0.465 e. The van der Waals surface area contributed by atoms with Crippen molar-refractivity contribution in [2.24, 2.45) is 0 Å². The van der Waals surface area contributed by atoms with Crippen LogP contribution in [-0.2, 0) is 0 Å². The van der Waals surface area contributed by atoms with E-state index in [2.05, 4.69) is 15.3 Å². The van der Waals surface area contributed by atoms with Crippen LogP contribution in [0.4, 0.5) is 10.6 Å². The van der Waals surface area contributed by atoms with Crippen molar-refractivity contribution >= 4 is 35.7 Å². The Hall–Kier alpha value is -3.98. The van der Waals surface area contributed by atoms with Gasteiger partial charge in [-0.3, -0.25) is 14.1 Å². The van der Waals surface area contributed by atoms with Gasteiger partial charge in [0.15, 0.2) is 11.5 Å². The highest BCUT2D eigenvalue weighted by molar-refractivity contribution is 7.71. The Morgan fingerprint density at radius 3 is 2.47 bits per heavy atom. The van der Waals surface area contributed by atoms with Gasteiger partial charge in [-0.2, -0.15) is 0 Å². The zero-order valence-corrected chi connectivity index (χ0v) is 19.3. The van der Waals surface area contributed by atoms with Crippen LogP contribution in [0.3, 0.4) is 0 Å². The number of fused-ring (bicyclic) bond motifs is 1. The maximum atomic E-state index is 12.4. The third-order valence-corrected chi connectivity index (χ3v) is 6.11. The number of amides is 2. The highest BCUT2D eigenvalue weighted by atomic mass is 32.1. The second-order valence-corrected chi connectivity index (χ2v) is 8.60. The predicted octanol–water partition coefficient (Wildman–Crippen LogP) is 5.12. The molecule has 0 radical (unpaired) electrons. The van der Waals surface area contributed by atoms with Crippen molar-refractivity contribution in [3.05, 3.63) is 71.0 Å². The first-order chi connectivity index (χ1) is 16.5. The number of aromatic amines is 1. The van der Waals surface area contributed by atoms with Crippen molar-refractivity contribution in [1.29, 1.82) is 0 Å². The van der Waals surface area contributed by atoms with Crippen LogP contribution in [0.25, 0.3) is 28.2 Å². The molecule has 0 saturated heterocycles. The van der Waals surface area contributed by atoms with Gasteiger partial charge in [0.05, 0.1) is 11.4 Å². The minimum atomic E-state index is -1.11. The number of imidazole rings is 1. The molecule has 0 unspecified atom stereocenters. The van der Waals surface area contributed by atoms with Gasteiger partial charge < -0.3 is 15.4 Å².